The molecule has 0 aliphatic rings. The highest BCUT2D eigenvalue weighted by Crippen LogP contribution is 2.28. The summed E-state index contributed by atoms with van der Waals surface area (Å²) in [5.41, 5.74) is 11.4. The number of nitrogens with two attached hydrogens (primary N) is 2. The van der Waals surface area contributed by atoms with Crippen LogP contribution in [0, 0.1) is 5.92 Å². The van der Waals surface area contributed by atoms with Gasteiger partial charge in [0, 0.05) is 5.56 Å². The molecule has 1 atom stereocenters. The van der Waals surface area contributed by atoms with Gasteiger partial charge in [0.05, 0.1) is 19.6 Å². The fraction of sp³-hybridized carbons (Fsp3) is 0.333. The van der Waals surface area contributed by atoms with E-state index >= 15 is 0 Å². The zero-order valence-corrected chi connectivity index (χ0v) is 11.1. The van der Waals surface area contributed by atoms with Crippen molar-refractivity contribution in [2.24, 2.45) is 17.4 Å². The van der Waals surface area contributed by atoms with Crippen molar-refractivity contribution in [1.82, 2.24) is 0 Å². The second-order valence-electron chi connectivity index (χ2n) is 3.84. The second kappa shape index (κ2) is 6.20. The minimum absolute atomic E-state index is 0.193. The molecule has 0 fully saturated rings. The Morgan fingerprint density at radius 3 is 2.56 bits per heavy atom. The molecule has 18 heavy (non-hydrogen) atoms. The van der Waals surface area contributed by atoms with E-state index < -0.39 is 5.91 Å². The Kier molecular flexibility index (Phi) is 4.91. The zero-order valence-electron chi connectivity index (χ0n) is 10.3. The van der Waals surface area contributed by atoms with Crippen LogP contribution in [0.2, 0.25) is 0 Å². The van der Waals surface area contributed by atoms with Crippen LogP contribution in [0.3, 0.4) is 0 Å². The third-order valence-electron chi connectivity index (χ3n) is 2.42. The highest BCUT2D eigenvalue weighted by molar-refractivity contribution is 7.80. The lowest BCUT2D eigenvalue weighted by atomic mass is 10.2. The van der Waals surface area contributed by atoms with Crippen molar-refractivity contribution in [3.8, 4) is 11.5 Å². The van der Waals surface area contributed by atoms with Gasteiger partial charge in [-0.1, -0.05) is 19.1 Å². The number of thiocarbonyl (C=S) groups is 1. The molecule has 1 rings (SSSR count). The molecule has 98 valence electrons. The summed E-state index contributed by atoms with van der Waals surface area (Å²) in [4.78, 5) is 11.2. The molecule has 0 saturated carbocycles. The average Bonchev–Trinajstić information content (AvgIpc) is 2.35. The molecule has 0 aliphatic heterocycles. The van der Waals surface area contributed by atoms with Crippen molar-refractivity contribution < 1.29 is 14.3 Å². The summed E-state index contributed by atoms with van der Waals surface area (Å²) in [6.07, 6.45) is 0. The number of hydrogen-bond acceptors (Lipinski definition) is 4. The van der Waals surface area contributed by atoms with Gasteiger partial charge in [-0.2, -0.15) is 0 Å². The average molecular weight is 268 g/mol. The van der Waals surface area contributed by atoms with Gasteiger partial charge in [0.15, 0.2) is 11.5 Å². The molecule has 0 aromatic heterocycles. The molecule has 5 nitrogen and oxygen atoms in total. The van der Waals surface area contributed by atoms with E-state index in [1.165, 1.54) is 7.11 Å². The number of methoxy groups -OCH3 is 1. The van der Waals surface area contributed by atoms with Crippen LogP contribution < -0.4 is 20.9 Å². The predicted molar refractivity (Wildman–Crippen MR) is 72.7 cm³/mol. The first-order valence-electron chi connectivity index (χ1n) is 5.35. The first-order valence-corrected chi connectivity index (χ1v) is 5.76. The molecule has 4 N–H and O–H groups in total. The van der Waals surface area contributed by atoms with Crippen LogP contribution in [-0.2, 0) is 4.79 Å². The third-order valence-corrected chi connectivity index (χ3v) is 2.66. The Morgan fingerprint density at radius 1 is 1.39 bits per heavy atom. The van der Waals surface area contributed by atoms with Gasteiger partial charge >= 0.3 is 0 Å². The van der Waals surface area contributed by atoms with Crippen LogP contribution in [0.1, 0.15) is 12.5 Å². The van der Waals surface area contributed by atoms with E-state index in [9.17, 15) is 4.79 Å². The van der Waals surface area contributed by atoms with Crippen molar-refractivity contribution in [2.45, 2.75) is 6.92 Å². The van der Waals surface area contributed by atoms with E-state index in [0.717, 1.165) is 0 Å². The van der Waals surface area contributed by atoms with E-state index in [1.807, 2.05) is 0 Å². The maximum Gasteiger partial charge on any atom is 0.223 e. The smallest absolute Gasteiger partial charge is 0.223 e. The maximum absolute atomic E-state index is 10.9. The summed E-state index contributed by atoms with van der Waals surface area (Å²) in [6, 6.07) is 5.11. The highest BCUT2D eigenvalue weighted by Gasteiger charge is 2.12. The van der Waals surface area contributed by atoms with Crippen molar-refractivity contribution in [1.29, 1.82) is 0 Å². The molecule has 1 aromatic rings. The van der Waals surface area contributed by atoms with E-state index in [4.69, 9.17) is 33.2 Å². The monoisotopic (exact) mass is 268 g/mol. The van der Waals surface area contributed by atoms with Gasteiger partial charge < -0.3 is 20.9 Å². The molecular formula is C12H16N2O3S. The summed E-state index contributed by atoms with van der Waals surface area (Å²) in [7, 11) is 1.52. The number of carbonyl (C=O) groups is 1. The van der Waals surface area contributed by atoms with Crippen LogP contribution in [0.15, 0.2) is 18.2 Å². The van der Waals surface area contributed by atoms with Gasteiger partial charge in [0.1, 0.15) is 4.99 Å². The van der Waals surface area contributed by atoms with Crippen LogP contribution in [-0.4, -0.2) is 24.6 Å². The number of benzene rings is 1. The highest BCUT2D eigenvalue weighted by atomic mass is 32.1. The van der Waals surface area contributed by atoms with Gasteiger partial charge in [-0.15, -0.1) is 0 Å². The Labute approximate surface area is 111 Å². The Balaban J connectivity index is 2.83. The molecule has 0 spiro atoms. The summed E-state index contributed by atoms with van der Waals surface area (Å²) >= 11 is 4.87. The lowest BCUT2D eigenvalue weighted by Crippen LogP contribution is -2.25. The predicted octanol–water partition coefficient (Wildman–Crippen LogP) is 0.830. The van der Waals surface area contributed by atoms with Gasteiger partial charge in [-0.3, -0.25) is 4.79 Å². The van der Waals surface area contributed by atoms with Crippen molar-refractivity contribution in [3.05, 3.63) is 23.8 Å². The molecule has 0 aliphatic carbocycles. The lowest BCUT2D eigenvalue weighted by Gasteiger charge is -2.13. The SMILES string of the molecule is COc1cc(C(N)=S)ccc1OCC(C)C(N)=O. The standard InChI is InChI=1S/C12H16N2O3S/c1-7(11(13)15)6-17-9-4-3-8(12(14)18)5-10(9)16-2/h3-5,7H,6H2,1-2H3,(H2,13,15)(H2,14,18). The Morgan fingerprint density at radius 2 is 2.06 bits per heavy atom. The number of ether oxygens (including phenoxy) is 2. The van der Waals surface area contributed by atoms with Gasteiger partial charge in [0.25, 0.3) is 0 Å². The minimum Gasteiger partial charge on any atom is -0.493 e. The van der Waals surface area contributed by atoms with E-state index in [0.29, 0.717) is 17.1 Å². The third kappa shape index (κ3) is 3.59. The topological polar surface area (TPSA) is 87.6 Å². The molecule has 0 saturated heterocycles. The molecule has 6 heteroatoms. The first-order chi connectivity index (χ1) is 8.45. The fourth-order valence-electron chi connectivity index (χ4n) is 1.24. The summed E-state index contributed by atoms with van der Waals surface area (Å²) in [5, 5.41) is 0. The Hall–Kier alpha value is -1.82. The number of rotatable bonds is 6. The number of hydrogen-bond donors (Lipinski definition) is 2. The molecular weight excluding hydrogens is 252 g/mol. The molecule has 0 heterocycles. The van der Waals surface area contributed by atoms with Crippen molar-refractivity contribution >= 4 is 23.1 Å². The minimum atomic E-state index is -0.409. The fourth-order valence-corrected chi connectivity index (χ4v) is 1.36. The molecule has 0 bridgehead atoms. The summed E-state index contributed by atoms with van der Waals surface area (Å²) < 4.78 is 10.6. The van der Waals surface area contributed by atoms with Gasteiger partial charge in [-0.25, -0.2) is 0 Å². The van der Waals surface area contributed by atoms with Crippen LogP contribution in [0.25, 0.3) is 0 Å². The van der Waals surface area contributed by atoms with Crippen LogP contribution >= 0.6 is 12.2 Å². The summed E-state index contributed by atoms with van der Waals surface area (Å²) in [6.45, 7) is 1.89. The maximum atomic E-state index is 10.9. The number of carbonyl (C=O) groups excluding carboxylic acids is 1. The normalized spacial score (nSPS) is 11.7. The zero-order chi connectivity index (χ0) is 13.7. The second-order valence-corrected chi connectivity index (χ2v) is 4.28. The Bertz CT molecular complexity index is 463. The lowest BCUT2D eigenvalue weighted by molar-refractivity contribution is -0.122. The van der Waals surface area contributed by atoms with Crippen LogP contribution in [0.4, 0.5) is 0 Å². The van der Waals surface area contributed by atoms with E-state index in [-0.39, 0.29) is 17.5 Å². The molecule has 1 unspecified atom stereocenters. The van der Waals surface area contributed by atoms with Gasteiger partial charge in [-0.05, 0) is 18.2 Å². The van der Waals surface area contributed by atoms with Crippen molar-refractivity contribution in [2.75, 3.05) is 13.7 Å². The molecule has 1 aromatic carbocycles. The molecule has 1 amide bonds. The largest absolute Gasteiger partial charge is 0.493 e. The first kappa shape index (κ1) is 14.2. The number of primary amides is 1. The van der Waals surface area contributed by atoms with E-state index in [1.54, 1.807) is 25.1 Å². The quantitative estimate of drug-likeness (QED) is 0.746. The number of amides is 1. The van der Waals surface area contributed by atoms with E-state index in [2.05, 4.69) is 0 Å². The van der Waals surface area contributed by atoms with Crippen molar-refractivity contribution in [3.63, 3.8) is 0 Å². The van der Waals surface area contributed by atoms with Crippen LogP contribution in [0.5, 0.6) is 11.5 Å². The van der Waals surface area contributed by atoms with Gasteiger partial charge in [0.2, 0.25) is 5.91 Å². The molecule has 0 radical (unpaired) electrons. The summed E-state index contributed by atoms with van der Waals surface area (Å²) in [5.74, 6) is 0.251.